The van der Waals surface area contributed by atoms with Gasteiger partial charge in [-0.25, -0.2) is 0 Å². The lowest BCUT2D eigenvalue weighted by molar-refractivity contribution is 0.0944. The largest absolute Gasteiger partial charge is 0.366 e. The third-order valence-electron chi connectivity index (χ3n) is 2.80. The molecule has 1 aromatic carbocycles. The fraction of sp³-hybridized carbons (Fsp3) is 0.143. The summed E-state index contributed by atoms with van der Waals surface area (Å²) in [5.74, 6) is -0.740. The topological polar surface area (TPSA) is 72.2 Å². The Kier molecular flexibility index (Phi) is 4.57. The monoisotopic (exact) mass is 352 g/mol. The van der Waals surface area contributed by atoms with E-state index in [1.165, 1.54) is 17.4 Å². The molecule has 0 spiro atoms. The third-order valence-corrected chi connectivity index (χ3v) is 4.23. The lowest BCUT2D eigenvalue weighted by atomic mass is 10.1. The molecule has 0 bridgehead atoms. The molecule has 1 heterocycles. The van der Waals surface area contributed by atoms with Gasteiger partial charge in [0.05, 0.1) is 16.5 Å². The number of nitrogens with one attached hydrogen (secondary N) is 1. The second-order valence-electron chi connectivity index (χ2n) is 4.31. The normalized spacial score (nSPS) is 11.9. The molecule has 0 saturated heterocycles. The minimum Gasteiger partial charge on any atom is -0.366 e. The van der Waals surface area contributed by atoms with E-state index in [0.29, 0.717) is 10.4 Å². The summed E-state index contributed by atoms with van der Waals surface area (Å²) in [7, 11) is 0. The second kappa shape index (κ2) is 6.19. The number of primary amides is 1. The summed E-state index contributed by atoms with van der Waals surface area (Å²) >= 11 is 4.60. The van der Waals surface area contributed by atoms with Crippen LogP contribution in [0.25, 0.3) is 0 Å². The van der Waals surface area contributed by atoms with Gasteiger partial charge in [-0.15, -0.1) is 11.3 Å². The molecule has 4 nitrogen and oxygen atoms in total. The van der Waals surface area contributed by atoms with Crippen molar-refractivity contribution in [3.8, 4) is 0 Å². The summed E-state index contributed by atoms with van der Waals surface area (Å²) in [5, 5.41) is 4.47. The molecule has 3 N–H and O–H groups in total. The number of hydrogen-bond acceptors (Lipinski definition) is 3. The maximum Gasteiger partial charge on any atom is 0.261 e. The van der Waals surface area contributed by atoms with Crippen molar-refractivity contribution < 1.29 is 9.59 Å². The summed E-state index contributed by atoms with van der Waals surface area (Å²) < 4.78 is 0.961. The van der Waals surface area contributed by atoms with Crippen LogP contribution >= 0.6 is 27.3 Å². The Bertz CT molecular complexity index is 654. The molecule has 0 saturated carbocycles. The van der Waals surface area contributed by atoms with Gasteiger partial charge in [-0.2, -0.15) is 0 Å². The van der Waals surface area contributed by atoms with Crippen LogP contribution in [0, 0.1) is 0 Å². The van der Waals surface area contributed by atoms with Crippen LogP contribution in [0.15, 0.2) is 40.2 Å². The van der Waals surface area contributed by atoms with Gasteiger partial charge in [-0.3, -0.25) is 9.59 Å². The van der Waals surface area contributed by atoms with E-state index in [9.17, 15) is 9.59 Å². The third kappa shape index (κ3) is 3.46. The highest BCUT2D eigenvalue weighted by Gasteiger charge is 2.15. The Balaban J connectivity index is 2.08. The lowest BCUT2D eigenvalue weighted by Crippen LogP contribution is -2.25. The first kappa shape index (κ1) is 14.7. The number of nitrogens with two attached hydrogens (primary N) is 1. The van der Waals surface area contributed by atoms with Gasteiger partial charge in [-0.1, -0.05) is 28.1 Å². The predicted molar refractivity (Wildman–Crippen MR) is 82.9 cm³/mol. The number of benzene rings is 1. The highest BCUT2D eigenvalue weighted by atomic mass is 79.9. The van der Waals surface area contributed by atoms with E-state index in [0.717, 1.165) is 10.0 Å². The fourth-order valence-corrected chi connectivity index (χ4v) is 2.93. The van der Waals surface area contributed by atoms with Gasteiger partial charge in [0.25, 0.3) is 5.91 Å². The smallest absolute Gasteiger partial charge is 0.261 e. The second-order valence-corrected chi connectivity index (χ2v) is 6.14. The molecule has 2 aromatic rings. The van der Waals surface area contributed by atoms with Crippen molar-refractivity contribution >= 4 is 39.1 Å². The molecule has 0 aliphatic carbocycles. The van der Waals surface area contributed by atoms with Gasteiger partial charge in [-0.05, 0) is 30.7 Å². The van der Waals surface area contributed by atoms with E-state index in [2.05, 4.69) is 21.2 Å². The fourth-order valence-electron chi connectivity index (χ4n) is 1.71. The van der Waals surface area contributed by atoms with Gasteiger partial charge in [0.2, 0.25) is 5.91 Å². The molecule has 0 fully saturated rings. The highest BCUT2D eigenvalue weighted by Crippen LogP contribution is 2.20. The van der Waals surface area contributed by atoms with Crippen molar-refractivity contribution in [3.63, 3.8) is 0 Å². The Morgan fingerprint density at radius 3 is 2.70 bits per heavy atom. The molecule has 104 valence electrons. The van der Waals surface area contributed by atoms with Crippen LogP contribution in [-0.4, -0.2) is 11.8 Å². The summed E-state index contributed by atoms with van der Waals surface area (Å²) in [4.78, 5) is 23.6. The van der Waals surface area contributed by atoms with Gasteiger partial charge in [0.15, 0.2) is 0 Å². The minimum absolute atomic E-state index is 0.126. The zero-order valence-electron chi connectivity index (χ0n) is 10.7. The predicted octanol–water partition coefficient (Wildman–Crippen LogP) is 3.10. The Labute approximate surface area is 129 Å². The summed E-state index contributed by atoms with van der Waals surface area (Å²) in [6.45, 7) is 1.91. The molecular formula is C14H13BrN2O2S. The van der Waals surface area contributed by atoms with Crippen molar-refractivity contribution in [1.82, 2.24) is 5.32 Å². The zero-order valence-corrected chi connectivity index (χ0v) is 13.1. The van der Waals surface area contributed by atoms with Gasteiger partial charge >= 0.3 is 0 Å². The molecule has 0 radical (unpaired) electrons. The maximum absolute atomic E-state index is 12.1. The minimum atomic E-state index is -0.527. The number of carbonyl (C=O) groups excluding carboxylic acids is 2. The summed E-state index contributed by atoms with van der Waals surface area (Å²) in [5.41, 5.74) is 6.52. The Hall–Kier alpha value is -1.66. The molecule has 0 aliphatic heterocycles. The molecule has 6 heteroatoms. The first-order valence-electron chi connectivity index (χ1n) is 5.92. The highest BCUT2D eigenvalue weighted by molar-refractivity contribution is 9.10. The molecule has 0 aliphatic rings. The first-order valence-corrected chi connectivity index (χ1v) is 7.59. The molecular weight excluding hydrogens is 340 g/mol. The van der Waals surface area contributed by atoms with E-state index in [4.69, 9.17) is 5.73 Å². The van der Waals surface area contributed by atoms with E-state index >= 15 is 0 Å². The van der Waals surface area contributed by atoms with Crippen LogP contribution in [0.4, 0.5) is 0 Å². The molecule has 20 heavy (non-hydrogen) atoms. The van der Waals surface area contributed by atoms with Crippen LogP contribution in [0.1, 0.15) is 38.6 Å². The maximum atomic E-state index is 12.1. The molecule has 1 atom stereocenters. The van der Waals surface area contributed by atoms with E-state index < -0.39 is 5.91 Å². The van der Waals surface area contributed by atoms with Crippen LogP contribution < -0.4 is 11.1 Å². The van der Waals surface area contributed by atoms with Crippen molar-refractivity contribution in [2.75, 3.05) is 0 Å². The van der Waals surface area contributed by atoms with Crippen molar-refractivity contribution in [3.05, 3.63) is 56.2 Å². The van der Waals surface area contributed by atoms with E-state index in [-0.39, 0.29) is 11.9 Å². The molecule has 1 aromatic heterocycles. The quantitative estimate of drug-likeness (QED) is 0.887. The number of hydrogen-bond donors (Lipinski definition) is 2. The van der Waals surface area contributed by atoms with E-state index in [1.807, 2.05) is 31.2 Å². The molecule has 2 amide bonds. The van der Waals surface area contributed by atoms with Crippen molar-refractivity contribution in [2.45, 2.75) is 13.0 Å². The first-order chi connectivity index (χ1) is 9.47. The van der Waals surface area contributed by atoms with Crippen LogP contribution in [0.3, 0.4) is 0 Å². The Morgan fingerprint density at radius 1 is 1.35 bits per heavy atom. The molecule has 1 unspecified atom stereocenters. The average Bonchev–Trinajstić information content (AvgIpc) is 2.88. The number of rotatable bonds is 4. The van der Waals surface area contributed by atoms with Crippen LogP contribution in [0.5, 0.6) is 0 Å². The van der Waals surface area contributed by atoms with Gasteiger partial charge in [0, 0.05) is 9.85 Å². The average molecular weight is 353 g/mol. The SMILES string of the molecule is CC(NC(=O)c1cc(C(N)=O)cs1)c1cccc(Br)c1. The number of carbonyl (C=O) groups is 2. The number of thiophene rings is 1. The van der Waals surface area contributed by atoms with Crippen molar-refractivity contribution in [2.24, 2.45) is 5.73 Å². The summed E-state index contributed by atoms with van der Waals surface area (Å²) in [6, 6.07) is 9.12. The zero-order chi connectivity index (χ0) is 14.7. The Morgan fingerprint density at radius 2 is 2.10 bits per heavy atom. The van der Waals surface area contributed by atoms with Crippen molar-refractivity contribution in [1.29, 1.82) is 0 Å². The van der Waals surface area contributed by atoms with Gasteiger partial charge < -0.3 is 11.1 Å². The lowest BCUT2D eigenvalue weighted by Gasteiger charge is -2.13. The number of amides is 2. The standard InChI is InChI=1S/C14H13BrN2O2S/c1-8(9-3-2-4-11(15)5-9)17-14(19)12-6-10(7-20-12)13(16)18/h2-8H,1H3,(H2,16,18)(H,17,19). The summed E-state index contributed by atoms with van der Waals surface area (Å²) in [6.07, 6.45) is 0. The number of halogens is 1. The van der Waals surface area contributed by atoms with Gasteiger partial charge in [0.1, 0.15) is 0 Å². The molecule has 2 rings (SSSR count). The van der Waals surface area contributed by atoms with Crippen LogP contribution in [-0.2, 0) is 0 Å². The van der Waals surface area contributed by atoms with E-state index in [1.54, 1.807) is 5.38 Å². The van der Waals surface area contributed by atoms with Crippen LogP contribution in [0.2, 0.25) is 0 Å².